The Bertz CT molecular complexity index is 223. The number of rotatable bonds is 4. The maximum atomic E-state index is 11.9. The van der Waals surface area contributed by atoms with Crippen LogP contribution in [0.4, 0.5) is 0 Å². The first-order valence-corrected chi connectivity index (χ1v) is 6.80. The van der Waals surface area contributed by atoms with Crippen LogP contribution in [0.5, 0.6) is 0 Å². The molecule has 1 saturated heterocycles. The van der Waals surface area contributed by atoms with Gasteiger partial charge in [0.25, 0.3) is 0 Å². The lowest BCUT2D eigenvalue weighted by molar-refractivity contribution is -0.128. The summed E-state index contributed by atoms with van der Waals surface area (Å²) in [5, 5.41) is 0. The summed E-state index contributed by atoms with van der Waals surface area (Å²) in [4.78, 5) is 13.8. The van der Waals surface area contributed by atoms with Gasteiger partial charge in [0.05, 0.1) is 0 Å². The summed E-state index contributed by atoms with van der Waals surface area (Å²) in [5.74, 6) is 0.314. The van der Waals surface area contributed by atoms with Crippen LogP contribution in [-0.4, -0.2) is 17.4 Å². The molecule has 1 aliphatic rings. The molecule has 0 aliphatic carbocycles. The maximum Gasteiger partial charge on any atom is 0.226 e. The van der Waals surface area contributed by atoms with E-state index in [0.717, 1.165) is 32.2 Å². The van der Waals surface area contributed by atoms with Crippen LogP contribution in [0.3, 0.4) is 0 Å². The third kappa shape index (κ3) is 5.34. The van der Waals surface area contributed by atoms with Gasteiger partial charge in [0.1, 0.15) is 0 Å². The molecule has 1 amide bonds. The van der Waals surface area contributed by atoms with Gasteiger partial charge in [-0.15, -0.1) is 0 Å². The predicted molar refractivity (Wildman–Crippen MR) is 68.1 cm³/mol. The molecular weight excluding hydrogens is 198 g/mol. The van der Waals surface area contributed by atoms with Crippen molar-refractivity contribution < 1.29 is 4.79 Å². The molecule has 0 atom stereocenters. The molecule has 0 unspecified atom stereocenters. The number of nitrogens with zero attached hydrogens (tertiary/aromatic N) is 1. The molecule has 0 aromatic rings. The zero-order valence-electron chi connectivity index (χ0n) is 10.6. The second-order valence-electron chi connectivity index (χ2n) is 4.63. The van der Waals surface area contributed by atoms with E-state index in [1.54, 1.807) is 0 Å². The molecule has 1 aliphatic heterocycles. The van der Waals surface area contributed by atoms with Crippen molar-refractivity contribution in [2.24, 2.45) is 0 Å². The average molecular weight is 223 g/mol. The number of carbonyl (C=O) groups excluding carboxylic acids is 1. The highest BCUT2D eigenvalue weighted by Crippen LogP contribution is 2.12. The van der Waals surface area contributed by atoms with Gasteiger partial charge in [-0.05, 0) is 19.3 Å². The summed E-state index contributed by atoms with van der Waals surface area (Å²) < 4.78 is 0. The summed E-state index contributed by atoms with van der Waals surface area (Å²) >= 11 is 0. The van der Waals surface area contributed by atoms with E-state index in [2.05, 4.69) is 13.0 Å². The average Bonchev–Trinajstić information content (AvgIpc) is 2.38. The lowest BCUT2D eigenvalue weighted by Crippen LogP contribution is -2.26. The fourth-order valence-corrected chi connectivity index (χ4v) is 2.04. The van der Waals surface area contributed by atoms with E-state index in [0.29, 0.717) is 5.91 Å². The van der Waals surface area contributed by atoms with Crippen LogP contribution < -0.4 is 0 Å². The Balaban J connectivity index is 2.39. The first-order chi connectivity index (χ1) is 7.84. The quantitative estimate of drug-likeness (QED) is 0.662. The van der Waals surface area contributed by atoms with E-state index in [1.807, 2.05) is 11.1 Å². The molecule has 0 bridgehead atoms. The number of hydrogen-bond acceptors (Lipinski definition) is 1. The van der Waals surface area contributed by atoms with Crippen molar-refractivity contribution in [3.05, 3.63) is 12.3 Å². The normalized spacial score (nSPS) is 19.6. The number of hydrogen-bond donors (Lipinski definition) is 0. The molecule has 0 aromatic heterocycles. The summed E-state index contributed by atoms with van der Waals surface area (Å²) in [5.41, 5.74) is 0. The summed E-state index contributed by atoms with van der Waals surface area (Å²) in [6.45, 7) is 3.11. The van der Waals surface area contributed by atoms with Crippen molar-refractivity contribution >= 4 is 5.91 Å². The molecule has 16 heavy (non-hydrogen) atoms. The largest absolute Gasteiger partial charge is 0.319 e. The van der Waals surface area contributed by atoms with Crippen LogP contribution in [0.25, 0.3) is 0 Å². The van der Waals surface area contributed by atoms with Crippen LogP contribution in [0.15, 0.2) is 12.3 Å². The van der Waals surface area contributed by atoms with E-state index in [9.17, 15) is 4.79 Å². The van der Waals surface area contributed by atoms with Gasteiger partial charge in [0.2, 0.25) is 5.91 Å². The van der Waals surface area contributed by atoms with Crippen LogP contribution in [0.1, 0.15) is 64.7 Å². The number of amides is 1. The van der Waals surface area contributed by atoms with Gasteiger partial charge in [-0.1, -0.05) is 45.1 Å². The van der Waals surface area contributed by atoms with Crippen molar-refractivity contribution in [2.45, 2.75) is 64.7 Å². The van der Waals surface area contributed by atoms with Crippen molar-refractivity contribution in [3.8, 4) is 0 Å². The Hall–Kier alpha value is -0.790. The molecule has 2 nitrogen and oxygen atoms in total. The number of allylic oxidation sites excluding steroid dienone is 1. The Kier molecular flexibility index (Phi) is 6.95. The van der Waals surface area contributed by atoms with Crippen LogP contribution >= 0.6 is 0 Å². The molecule has 1 rings (SSSR count). The highest BCUT2D eigenvalue weighted by molar-refractivity contribution is 5.77. The molecular formula is C14H25NO. The minimum atomic E-state index is 0.314. The fourth-order valence-electron chi connectivity index (χ4n) is 2.04. The first kappa shape index (κ1) is 13.3. The van der Waals surface area contributed by atoms with E-state index in [1.165, 1.54) is 32.1 Å². The predicted octanol–water partition coefficient (Wildman–Crippen LogP) is 3.87. The Morgan fingerprint density at radius 1 is 1.19 bits per heavy atom. The molecule has 0 N–H and O–H groups in total. The third-order valence-corrected chi connectivity index (χ3v) is 3.12. The van der Waals surface area contributed by atoms with Crippen molar-refractivity contribution in [3.63, 3.8) is 0 Å². The van der Waals surface area contributed by atoms with Crippen LogP contribution in [0, 0.1) is 0 Å². The molecule has 1 heterocycles. The van der Waals surface area contributed by atoms with Gasteiger partial charge in [0, 0.05) is 19.2 Å². The molecule has 0 spiro atoms. The summed E-state index contributed by atoms with van der Waals surface area (Å²) in [6, 6.07) is 0. The van der Waals surface area contributed by atoms with E-state index in [4.69, 9.17) is 0 Å². The standard InChI is InChI=1S/C14H25NO/c1-2-3-4-9-12-15-13-10-7-5-6-8-11-14(15)16/h9,12H,2-8,10-11,13H2,1H3. The summed E-state index contributed by atoms with van der Waals surface area (Å²) in [7, 11) is 0. The second kappa shape index (κ2) is 8.37. The van der Waals surface area contributed by atoms with Gasteiger partial charge >= 0.3 is 0 Å². The van der Waals surface area contributed by atoms with Crippen LogP contribution in [-0.2, 0) is 4.79 Å². The van der Waals surface area contributed by atoms with Crippen LogP contribution in [0.2, 0.25) is 0 Å². The zero-order valence-corrected chi connectivity index (χ0v) is 10.6. The van der Waals surface area contributed by atoms with Crippen molar-refractivity contribution in [1.82, 2.24) is 4.90 Å². The van der Waals surface area contributed by atoms with E-state index < -0.39 is 0 Å². The van der Waals surface area contributed by atoms with Crippen molar-refractivity contribution in [1.29, 1.82) is 0 Å². The minimum absolute atomic E-state index is 0.314. The maximum absolute atomic E-state index is 11.9. The van der Waals surface area contributed by atoms with Gasteiger partial charge in [-0.2, -0.15) is 0 Å². The van der Waals surface area contributed by atoms with Gasteiger partial charge < -0.3 is 4.90 Å². The first-order valence-electron chi connectivity index (χ1n) is 6.80. The van der Waals surface area contributed by atoms with Gasteiger partial charge in [0.15, 0.2) is 0 Å². The number of carbonyl (C=O) groups is 1. The monoisotopic (exact) mass is 223 g/mol. The molecule has 92 valence electrons. The lowest BCUT2D eigenvalue weighted by atomic mass is 10.1. The Labute approximate surface area is 99.7 Å². The number of unbranched alkanes of at least 4 members (excludes halogenated alkanes) is 2. The van der Waals surface area contributed by atoms with Gasteiger partial charge in [-0.3, -0.25) is 4.79 Å². The molecule has 0 saturated carbocycles. The highest BCUT2D eigenvalue weighted by Gasteiger charge is 2.11. The topological polar surface area (TPSA) is 20.3 Å². The SMILES string of the molecule is CCCCC=CN1CCCCCCCC1=O. The molecule has 1 fully saturated rings. The molecule has 2 heteroatoms. The van der Waals surface area contributed by atoms with Crippen molar-refractivity contribution in [2.75, 3.05) is 6.54 Å². The fraction of sp³-hybridized carbons (Fsp3) is 0.786. The molecule has 0 radical (unpaired) electrons. The van der Waals surface area contributed by atoms with Gasteiger partial charge in [-0.25, -0.2) is 0 Å². The molecule has 0 aromatic carbocycles. The Morgan fingerprint density at radius 2 is 1.94 bits per heavy atom. The van der Waals surface area contributed by atoms with E-state index >= 15 is 0 Å². The third-order valence-electron chi connectivity index (χ3n) is 3.12. The smallest absolute Gasteiger partial charge is 0.226 e. The lowest BCUT2D eigenvalue weighted by Gasteiger charge is -2.17. The summed E-state index contributed by atoms with van der Waals surface area (Å²) in [6.07, 6.45) is 14.5. The minimum Gasteiger partial charge on any atom is -0.319 e. The van der Waals surface area contributed by atoms with E-state index in [-0.39, 0.29) is 0 Å². The zero-order chi connectivity index (χ0) is 11.6. The highest BCUT2D eigenvalue weighted by atomic mass is 16.2. The Morgan fingerprint density at radius 3 is 2.75 bits per heavy atom. The second-order valence-corrected chi connectivity index (χ2v) is 4.63.